The highest BCUT2D eigenvalue weighted by molar-refractivity contribution is 6.01. The summed E-state index contributed by atoms with van der Waals surface area (Å²) in [6, 6.07) is 14.7. The van der Waals surface area contributed by atoms with Gasteiger partial charge in [-0.25, -0.2) is 4.79 Å². The Balaban J connectivity index is 1.83. The van der Waals surface area contributed by atoms with Crippen LogP contribution in [0, 0.1) is 6.92 Å². The van der Waals surface area contributed by atoms with Gasteiger partial charge in [-0.05, 0) is 37.3 Å². The molecule has 5 nitrogen and oxygen atoms in total. The molecule has 0 amide bonds. The quantitative estimate of drug-likeness (QED) is 0.571. The molecule has 2 aromatic carbocycles. The fourth-order valence-corrected chi connectivity index (χ4v) is 2.57. The van der Waals surface area contributed by atoms with Crippen LogP contribution in [0.4, 0.5) is 5.69 Å². The lowest BCUT2D eigenvalue weighted by atomic mass is 10.1. The molecule has 116 valence electrons. The van der Waals surface area contributed by atoms with E-state index in [-0.39, 0.29) is 5.56 Å². The van der Waals surface area contributed by atoms with Gasteiger partial charge in [0.15, 0.2) is 0 Å². The second kappa shape index (κ2) is 5.96. The summed E-state index contributed by atoms with van der Waals surface area (Å²) in [5, 5.41) is 14.3. The van der Waals surface area contributed by atoms with E-state index in [9.17, 15) is 4.79 Å². The van der Waals surface area contributed by atoms with Crippen molar-refractivity contribution < 1.29 is 9.90 Å². The van der Waals surface area contributed by atoms with Crippen molar-refractivity contribution in [2.75, 3.05) is 5.43 Å². The first-order chi connectivity index (χ1) is 11.1. The fourth-order valence-electron chi connectivity index (χ4n) is 2.57. The van der Waals surface area contributed by atoms with E-state index in [0.717, 1.165) is 27.8 Å². The van der Waals surface area contributed by atoms with E-state index in [1.165, 1.54) is 0 Å². The van der Waals surface area contributed by atoms with Crippen LogP contribution in [0.5, 0.6) is 0 Å². The predicted molar refractivity (Wildman–Crippen MR) is 92.3 cm³/mol. The van der Waals surface area contributed by atoms with E-state index >= 15 is 0 Å². The van der Waals surface area contributed by atoms with Crippen molar-refractivity contribution in [3.8, 4) is 0 Å². The molecule has 0 unspecified atom stereocenters. The van der Waals surface area contributed by atoms with Crippen LogP contribution in [0.3, 0.4) is 0 Å². The third-order valence-corrected chi connectivity index (χ3v) is 3.97. The molecule has 1 heterocycles. The number of hydrogen-bond acceptors (Lipinski definition) is 3. The maximum atomic E-state index is 10.8. The molecule has 0 aliphatic carbocycles. The minimum Gasteiger partial charge on any atom is -0.478 e. The fraction of sp³-hybridized carbons (Fsp3) is 0.111. The summed E-state index contributed by atoms with van der Waals surface area (Å²) in [6.07, 6.45) is 1.79. The lowest BCUT2D eigenvalue weighted by Gasteiger charge is -2.01. The van der Waals surface area contributed by atoms with Gasteiger partial charge in [-0.2, -0.15) is 5.10 Å². The highest BCUT2D eigenvalue weighted by Gasteiger charge is 2.09. The molecular formula is C18H17N3O2. The number of aromatic nitrogens is 1. The number of aryl methyl sites for hydroxylation is 1. The number of anilines is 1. The Morgan fingerprint density at radius 2 is 1.87 bits per heavy atom. The van der Waals surface area contributed by atoms with Crippen molar-refractivity contribution in [3.05, 3.63) is 65.4 Å². The largest absolute Gasteiger partial charge is 0.478 e. The maximum Gasteiger partial charge on any atom is 0.335 e. The van der Waals surface area contributed by atoms with Crippen molar-refractivity contribution in [1.82, 2.24) is 4.57 Å². The Labute approximate surface area is 133 Å². The van der Waals surface area contributed by atoms with Gasteiger partial charge in [-0.1, -0.05) is 18.2 Å². The number of hydrogen-bond donors (Lipinski definition) is 2. The molecule has 2 N–H and O–H groups in total. The SMILES string of the molecule is Cc1c(/C=N\Nc2ccc(C(=O)O)cc2)c2ccccc2n1C. The van der Waals surface area contributed by atoms with Gasteiger partial charge in [0.2, 0.25) is 0 Å². The number of rotatable bonds is 4. The van der Waals surface area contributed by atoms with E-state index < -0.39 is 5.97 Å². The first-order valence-corrected chi connectivity index (χ1v) is 7.24. The highest BCUT2D eigenvalue weighted by Crippen LogP contribution is 2.23. The van der Waals surface area contributed by atoms with E-state index in [4.69, 9.17) is 5.11 Å². The van der Waals surface area contributed by atoms with Crippen LogP contribution < -0.4 is 5.43 Å². The molecule has 0 aliphatic rings. The number of benzene rings is 2. The van der Waals surface area contributed by atoms with E-state index in [1.54, 1.807) is 30.5 Å². The van der Waals surface area contributed by atoms with Crippen LogP contribution >= 0.6 is 0 Å². The van der Waals surface area contributed by atoms with Crippen molar-refractivity contribution in [2.45, 2.75) is 6.92 Å². The maximum absolute atomic E-state index is 10.8. The molecule has 0 saturated heterocycles. The Morgan fingerprint density at radius 3 is 2.57 bits per heavy atom. The molecule has 0 saturated carbocycles. The summed E-state index contributed by atoms with van der Waals surface area (Å²) < 4.78 is 2.14. The number of carbonyl (C=O) groups is 1. The zero-order chi connectivity index (χ0) is 16.4. The van der Waals surface area contributed by atoms with E-state index in [1.807, 2.05) is 19.2 Å². The van der Waals surface area contributed by atoms with Gasteiger partial charge >= 0.3 is 5.97 Å². The van der Waals surface area contributed by atoms with Gasteiger partial charge < -0.3 is 9.67 Å². The number of aromatic carboxylic acids is 1. The lowest BCUT2D eigenvalue weighted by molar-refractivity contribution is 0.0697. The van der Waals surface area contributed by atoms with Crippen molar-refractivity contribution >= 4 is 28.8 Å². The van der Waals surface area contributed by atoms with E-state index in [0.29, 0.717) is 0 Å². The smallest absolute Gasteiger partial charge is 0.335 e. The molecule has 0 bridgehead atoms. The number of hydrazone groups is 1. The van der Waals surface area contributed by atoms with Gasteiger partial charge in [0.1, 0.15) is 0 Å². The van der Waals surface area contributed by atoms with Crippen molar-refractivity contribution in [1.29, 1.82) is 0 Å². The molecule has 0 spiro atoms. The average molecular weight is 307 g/mol. The van der Waals surface area contributed by atoms with Crippen molar-refractivity contribution in [3.63, 3.8) is 0 Å². The number of nitrogens with zero attached hydrogens (tertiary/aromatic N) is 2. The highest BCUT2D eigenvalue weighted by atomic mass is 16.4. The average Bonchev–Trinajstić information content (AvgIpc) is 2.81. The number of nitrogens with one attached hydrogen (secondary N) is 1. The number of para-hydroxylation sites is 1. The third kappa shape index (κ3) is 2.81. The summed E-state index contributed by atoms with van der Waals surface area (Å²) in [6.45, 7) is 2.06. The van der Waals surface area contributed by atoms with Crippen LogP contribution in [0.25, 0.3) is 10.9 Å². The summed E-state index contributed by atoms with van der Waals surface area (Å²) in [5.74, 6) is -0.938. The first-order valence-electron chi connectivity index (χ1n) is 7.24. The molecule has 0 radical (unpaired) electrons. The summed E-state index contributed by atoms with van der Waals surface area (Å²) >= 11 is 0. The molecule has 5 heteroatoms. The number of carboxylic acids is 1. The van der Waals surface area contributed by atoms with Gasteiger partial charge in [-0.3, -0.25) is 5.43 Å². The molecular weight excluding hydrogens is 290 g/mol. The molecule has 0 atom stereocenters. The zero-order valence-corrected chi connectivity index (χ0v) is 12.9. The third-order valence-electron chi connectivity index (χ3n) is 3.97. The monoisotopic (exact) mass is 307 g/mol. The first kappa shape index (κ1) is 14.8. The van der Waals surface area contributed by atoms with Gasteiger partial charge in [0, 0.05) is 29.2 Å². The Hall–Kier alpha value is -3.08. The van der Waals surface area contributed by atoms with Crippen molar-refractivity contribution in [2.24, 2.45) is 12.1 Å². The second-order valence-corrected chi connectivity index (χ2v) is 5.33. The van der Waals surface area contributed by atoms with Crippen LogP contribution in [0.15, 0.2) is 53.6 Å². The van der Waals surface area contributed by atoms with Crippen LogP contribution in [-0.4, -0.2) is 21.9 Å². The molecule has 23 heavy (non-hydrogen) atoms. The van der Waals surface area contributed by atoms with Gasteiger partial charge in [0.25, 0.3) is 0 Å². The van der Waals surface area contributed by atoms with Crippen LogP contribution in [0.1, 0.15) is 21.6 Å². The standard InChI is InChI=1S/C18H17N3O2/c1-12-16(15-5-3-4-6-17(15)21(12)2)11-19-20-14-9-7-13(8-10-14)18(22)23/h3-11,20H,1-2H3,(H,22,23)/b19-11-. The summed E-state index contributed by atoms with van der Waals surface area (Å²) in [5.41, 5.74) is 7.29. The minimum absolute atomic E-state index is 0.254. The molecule has 1 aromatic heterocycles. The zero-order valence-electron chi connectivity index (χ0n) is 12.9. The normalized spacial score (nSPS) is 11.2. The topological polar surface area (TPSA) is 66.6 Å². The number of carboxylic acid groups (broad SMARTS) is 1. The second-order valence-electron chi connectivity index (χ2n) is 5.33. The molecule has 3 rings (SSSR count). The Morgan fingerprint density at radius 1 is 1.17 bits per heavy atom. The predicted octanol–water partition coefficient (Wildman–Crippen LogP) is 3.63. The minimum atomic E-state index is -0.938. The van der Waals surface area contributed by atoms with Crippen LogP contribution in [-0.2, 0) is 7.05 Å². The summed E-state index contributed by atoms with van der Waals surface area (Å²) in [4.78, 5) is 10.8. The van der Waals surface area contributed by atoms with Gasteiger partial charge in [-0.15, -0.1) is 0 Å². The molecule has 0 aliphatic heterocycles. The molecule has 3 aromatic rings. The number of fused-ring (bicyclic) bond motifs is 1. The van der Waals surface area contributed by atoms with Crippen LogP contribution in [0.2, 0.25) is 0 Å². The Bertz CT molecular complexity index is 893. The lowest BCUT2D eigenvalue weighted by Crippen LogP contribution is -1.97. The van der Waals surface area contributed by atoms with E-state index in [2.05, 4.69) is 34.2 Å². The molecule has 0 fully saturated rings. The Kier molecular flexibility index (Phi) is 3.85. The summed E-state index contributed by atoms with van der Waals surface area (Å²) in [7, 11) is 2.03. The van der Waals surface area contributed by atoms with Gasteiger partial charge in [0.05, 0.1) is 17.5 Å².